The Morgan fingerprint density at radius 2 is 1.96 bits per heavy atom. The van der Waals surface area contributed by atoms with Gasteiger partial charge < -0.3 is 10.1 Å². The number of benzene rings is 2. The number of carbonyl (C=O) groups excluding carboxylic acids is 2. The molecule has 7 heteroatoms. The maximum Gasteiger partial charge on any atom is 0.270 e. The smallest absolute Gasteiger partial charge is 0.270 e. The van der Waals surface area contributed by atoms with E-state index in [1.54, 1.807) is 24.3 Å². The minimum atomic E-state index is -0.498. The number of nitro groups is 1. The minimum absolute atomic E-state index is 0.0491. The number of hydrogen-bond donors (Lipinski definition) is 1. The Balaban J connectivity index is 2.24. The van der Waals surface area contributed by atoms with E-state index in [1.165, 1.54) is 44.4 Å². The van der Waals surface area contributed by atoms with Gasteiger partial charge in [-0.3, -0.25) is 19.7 Å². The summed E-state index contributed by atoms with van der Waals surface area (Å²) in [6, 6.07) is 10.6. The Bertz CT molecular complexity index is 858. The lowest BCUT2D eigenvalue weighted by atomic mass is 10.1. The Kier molecular flexibility index (Phi) is 5.62. The molecule has 25 heavy (non-hydrogen) atoms. The topological polar surface area (TPSA) is 98.5 Å². The maximum absolute atomic E-state index is 12.3. The number of nitro benzene ring substituents is 1. The molecule has 0 bridgehead atoms. The number of nitrogens with one attached hydrogen (secondary N) is 1. The highest BCUT2D eigenvalue weighted by atomic mass is 16.6. The van der Waals surface area contributed by atoms with Crippen molar-refractivity contribution < 1.29 is 19.2 Å². The summed E-state index contributed by atoms with van der Waals surface area (Å²) in [6.45, 7) is 1.36. The summed E-state index contributed by atoms with van der Waals surface area (Å²) in [4.78, 5) is 33.8. The average Bonchev–Trinajstić information content (AvgIpc) is 2.59. The van der Waals surface area contributed by atoms with Gasteiger partial charge in [-0.2, -0.15) is 0 Å². The predicted octanol–water partition coefficient (Wildman–Crippen LogP) is 3.46. The van der Waals surface area contributed by atoms with Crippen LogP contribution < -0.4 is 10.1 Å². The van der Waals surface area contributed by atoms with Crippen molar-refractivity contribution in [2.75, 3.05) is 12.4 Å². The van der Waals surface area contributed by atoms with Gasteiger partial charge in [-0.1, -0.05) is 18.2 Å². The lowest BCUT2D eigenvalue weighted by Gasteiger charge is -2.09. The lowest BCUT2D eigenvalue weighted by molar-refractivity contribution is -0.384. The first-order valence-electron chi connectivity index (χ1n) is 7.33. The quantitative estimate of drug-likeness (QED) is 0.376. The van der Waals surface area contributed by atoms with Crippen LogP contribution >= 0.6 is 0 Å². The number of amides is 1. The third-order valence-corrected chi connectivity index (χ3v) is 3.30. The summed E-state index contributed by atoms with van der Waals surface area (Å²) < 4.78 is 5.14. The highest BCUT2D eigenvalue weighted by molar-refractivity contribution is 6.08. The van der Waals surface area contributed by atoms with E-state index in [9.17, 15) is 19.7 Å². The van der Waals surface area contributed by atoms with Gasteiger partial charge >= 0.3 is 0 Å². The van der Waals surface area contributed by atoms with E-state index in [2.05, 4.69) is 5.32 Å². The highest BCUT2D eigenvalue weighted by Gasteiger charge is 2.10. The van der Waals surface area contributed by atoms with Crippen LogP contribution in [0, 0.1) is 10.1 Å². The van der Waals surface area contributed by atoms with Crippen LogP contribution in [-0.2, 0) is 4.79 Å². The monoisotopic (exact) mass is 340 g/mol. The number of carbonyl (C=O) groups is 2. The second kappa shape index (κ2) is 7.87. The Hall–Kier alpha value is -3.48. The molecule has 2 rings (SSSR count). The fraction of sp³-hybridized carbons (Fsp3) is 0.111. The molecule has 0 spiro atoms. The fourth-order valence-electron chi connectivity index (χ4n) is 2.16. The number of ether oxygens (including phenoxy) is 1. The Morgan fingerprint density at radius 3 is 2.60 bits per heavy atom. The summed E-state index contributed by atoms with van der Waals surface area (Å²) in [7, 11) is 1.46. The summed E-state index contributed by atoms with van der Waals surface area (Å²) >= 11 is 0. The van der Waals surface area contributed by atoms with Crippen molar-refractivity contribution >= 4 is 29.1 Å². The van der Waals surface area contributed by atoms with Gasteiger partial charge in [0.15, 0.2) is 5.78 Å². The van der Waals surface area contributed by atoms with Crippen LogP contribution in [0.3, 0.4) is 0 Å². The molecule has 0 aliphatic carbocycles. The van der Waals surface area contributed by atoms with E-state index in [1.807, 2.05) is 0 Å². The molecule has 0 atom stereocenters. The number of hydrogen-bond acceptors (Lipinski definition) is 5. The normalized spacial score (nSPS) is 10.5. The van der Waals surface area contributed by atoms with Crippen molar-refractivity contribution in [2.45, 2.75) is 6.92 Å². The van der Waals surface area contributed by atoms with Crippen LogP contribution in [0.1, 0.15) is 22.8 Å². The van der Waals surface area contributed by atoms with Crippen LogP contribution in [0.5, 0.6) is 5.75 Å². The van der Waals surface area contributed by atoms with Gasteiger partial charge in [0.1, 0.15) is 5.75 Å². The van der Waals surface area contributed by atoms with Crippen molar-refractivity contribution in [1.82, 2.24) is 0 Å². The molecule has 128 valence electrons. The first-order valence-corrected chi connectivity index (χ1v) is 7.33. The van der Waals surface area contributed by atoms with E-state index in [0.29, 0.717) is 22.6 Å². The van der Waals surface area contributed by atoms with Gasteiger partial charge in [-0.15, -0.1) is 0 Å². The van der Waals surface area contributed by atoms with E-state index in [4.69, 9.17) is 4.74 Å². The molecule has 0 aromatic heterocycles. The van der Waals surface area contributed by atoms with E-state index in [0.717, 1.165) is 0 Å². The molecule has 1 N–H and O–H groups in total. The zero-order valence-corrected chi connectivity index (χ0v) is 13.7. The van der Waals surface area contributed by atoms with Gasteiger partial charge in [0.05, 0.1) is 17.7 Å². The van der Waals surface area contributed by atoms with Gasteiger partial charge in [0.25, 0.3) is 5.69 Å². The van der Waals surface area contributed by atoms with Crippen molar-refractivity contribution in [2.24, 2.45) is 0 Å². The number of anilines is 1. The second-order valence-electron chi connectivity index (χ2n) is 5.15. The minimum Gasteiger partial charge on any atom is -0.495 e. The molecule has 0 unspecified atom stereocenters. The molecular formula is C18H16N2O5. The third-order valence-electron chi connectivity index (χ3n) is 3.30. The molecule has 0 saturated carbocycles. The molecule has 0 heterocycles. The van der Waals surface area contributed by atoms with E-state index >= 15 is 0 Å². The number of nitrogens with zero attached hydrogens (tertiary/aromatic N) is 1. The standard InChI is InChI=1S/C18H16N2O5/c1-12(21)19-16-11-14(7-9-18(16)25-2)17(22)8-6-13-4-3-5-15(10-13)20(23)24/h3-11H,1-2H3,(H,19,21)/b8-6-. The molecule has 0 aliphatic heterocycles. The summed E-state index contributed by atoms with van der Waals surface area (Å²) in [5.74, 6) is -0.148. The highest BCUT2D eigenvalue weighted by Crippen LogP contribution is 2.26. The van der Waals surface area contributed by atoms with Crippen molar-refractivity contribution in [3.63, 3.8) is 0 Å². The number of ketones is 1. The molecule has 7 nitrogen and oxygen atoms in total. The zero-order chi connectivity index (χ0) is 18.4. The second-order valence-corrected chi connectivity index (χ2v) is 5.15. The molecule has 0 radical (unpaired) electrons. The summed E-state index contributed by atoms with van der Waals surface area (Å²) in [6.07, 6.45) is 2.82. The predicted molar refractivity (Wildman–Crippen MR) is 93.8 cm³/mol. The first kappa shape index (κ1) is 17.9. The zero-order valence-electron chi connectivity index (χ0n) is 13.7. The molecule has 2 aromatic carbocycles. The van der Waals surface area contributed by atoms with Crippen LogP contribution in [0.25, 0.3) is 6.08 Å². The van der Waals surface area contributed by atoms with Gasteiger partial charge in [-0.05, 0) is 29.8 Å². The van der Waals surface area contributed by atoms with Crippen LogP contribution in [-0.4, -0.2) is 23.7 Å². The number of allylic oxidation sites excluding steroid dienone is 1. The molecule has 0 saturated heterocycles. The fourth-order valence-corrected chi connectivity index (χ4v) is 2.16. The van der Waals surface area contributed by atoms with Gasteiger partial charge in [0, 0.05) is 24.6 Å². The molecule has 2 aromatic rings. The number of methoxy groups -OCH3 is 1. The molecule has 0 aliphatic rings. The largest absolute Gasteiger partial charge is 0.495 e. The molecule has 0 fully saturated rings. The van der Waals surface area contributed by atoms with E-state index in [-0.39, 0.29) is 17.4 Å². The summed E-state index contributed by atoms with van der Waals surface area (Å²) in [5.41, 5.74) is 1.24. The van der Waals surface area contributed by atoms with Gasteiger partial charge in [0.2, 0.25) is 5.91 Å². The first-order chi connectivity index (χ1) is 11.9. The van der Waals surface area contributed by atoms with Gasteiger partial charge in [-0.25, -0.2) is 0 Å². The van der Waals surface area contributed by atoms with E-state index < -0.39 is 4.92 Å². The molecular weight excluding hydrogens is 324 g/mol. The van der Waals surface area contributed by atoms with Crippen molar-refractivity contribution in [3.05, 3.63) is 69.8 Å². The Labute approximate surface area is 144 Å². The number of non-ortho nitro benzene ring substituents is 1. The maximum atomic E-state index is 12.3. The van der Waals surface area contributed by atoms with Crippen LogP contribution in [0.15, 0.2) is 48.5 Å². The van der Waals surface area contributed by atoms with Crippen molar-refractivity contribution in [1.29, 1.82) is 0 Å². The third kappa shape index (κ3) is 4.74. The SMILES string of the molecule is COc1ccc(C(=O)/C=C\c2cccc([N+](=O)[O-])c2)cc1NC(C)=O. The lowest BCUT2D eigenvalue weighted by Crippen LogP contribution is -2.08. The average molecular weight is 340 g/mol. The summed E-state index contributed by atoms with van der Waals surface area (Å²) in [5, 5.41) is 13.4. The van der Waals surface area contributed by atoms with Crippen molar-refractivity contribution in [3.8, 4) is 5.75 Å². The molecule has 1 amide bonds. The number of rotatable bonds is 6. The Morgan fingerprint density at radius 1 is 1.20 bits per heavy atom. The van der Waals surface area contributed by atoms with Crippen LogP contribution in [0.2, 0.25) is 0 Å². The van der Waals surface area contributed by atoms with Crippen LogP contribution in [0.4, 0.5) is 11.4 Å².